The summed E-state index contributed by atoms with van der Waals surface area (Å²) in [4.78, 5) is 23.5. The number of carbonyl (C=O) groups is 2. The van der Waals surface area contributed by atoms with Crippen LogP contribution in [0.5, 0.6) is 11.5 Å². The minimum Gasteiger partial charge on any atom is -0.493 e. The van der Waals surface area contributed by atoms with Crippen LogP contribution >= 0.6 is 24.0 Å². The van der Waals surface area contributed by atoms with Gasteiger partial charge in [0.15, 0.2) is 18.1 Å². The lowest BCUT2D eigenvalue weighted by Crippen LogP contribution is -2.20. The van der Waals surface area contributed by atoms with Crippen LogP contribution < -0.4 is 25.8 Å². The van der Waals surface area contributed by atoms with Crippen LogP contribution in [0.3, 0.4) is 0 Å². The smallest absolute Gasteiger partial charge is 0.255 e. The Hall–Kier alpha value is -2.64. The Morgan fingerprint density at radius 3 is 2.79 bits per heavy atom. The summed E-state index contributed by atoms with van der Waals surface area (Å²) in [5.41, 5.74) is 8.35. The first-order valence-corrected chi connectivity index (χ1v) is 8.82. The average molecular weight is 426 g/mol. The second kappa shape index (κ2) is 9.52. The molecule has 28 heavy (non-hydrogen) atoms. The molecule has 150 valence electrons. The van der Waals surface area contributed by atoms with E-state index in [4.69, 9.17) is 26.8 Å². The van der Waals surface area contributed by atoms with Crippen molar-refractivity contribution in [3.05, 3.63) is 46.5 Å². The van der Waals surface area contributed by atoms with Gasteiger partial charge in [-0.2, -0.15) is 0 Å². The number of primary amides is 1. The molecule has 0 saturated carbocycles. The maximum atomic E-state index is 12.6. The molecular weight excluding hydrogens is 405 g/mol. The Kier molecular flexibility index (Phi) is 7.37. The van der Waals surface area contributed by atoms with E-state index in [9.17, 15) is 9.59 Å². The van der Waals surface area contributed by atoms with Crippen molar-refractivity contribution >= 4 is 47.2 Å². The molecule has 0 unspecified atom stereocenters. The monoisotopic (exact) mass is 425 g/mol. The first kappa shape index (κ1) is 21.7. The fraction of sp³-hybridized carbons (Fsp3) is 0.263. The van der Waals surface area contributed by atoms with Crippen LogP contribution in [0, 0.1) is 0 Å². The number of rotatable bonds is 6. The van der Waals surface area contributed by atoms with E-state index in [2.05, 4.69) is 10.6 Å². The van der Waals surface area contributed by atoms with Crippen LogP contribution in [-0.4, -0.2) is 32.1 Å². The van der Waals surface area contributed by atoms with Crippen molar-refractivity contribution in [2.24, 2.45) is 5.73 Å². The lowest BCUT2D eigenvalue weighted by atomic mass is 10.0. The number of halogens is 2. The number of carbonyl (C=O) groups excluding carboxylic acids is 2. The third-order valence-electron chi connectivity index (χ3n) is 4.15. The Balaban J connectivity index is 0.00000280. The van der Waals surface area contributed by atoms with Crippen molar-refractivity contribution < 1.29 is 19.1 Å². The maximum Gasteiger partial charge on any atom is 0.255 e. The molecule has 0 spiro atoms. The second-order valence-corrected chi connectivity index (χ2v) is 6.51. The van der Waals surface area contributed by atoms with Crippen LogP contribution in [0.15, 0.2) is 30.3 Å². The number of hydrogen-bond donors (Lipinski definition) is 3. The molecule has 0 aromatic heterocycles. The van der Waals surface area contributed by atoms with E-state index in [1.807, 2.05) is 18.2 Å². The van der Waals surface area contributed by atoms with E-state index in [0.29, 0.717) is 11.3 Å². The molecule has 9 heteroatoms. The van der Waals surface area contributed by atoms with Crippen molar-refractivity contribution in [3.8, 4) is 11.5 Å². The molecule has 0 bridgehead atoms. The van der Waals surface area contributed by atoms with Crippen molar-refractivity contribution in [2.75, 3.05) is 30.9 Å². The predicted molar refractivity (Wildman–Crippen MR) is 111 cm³/mol. The quantitative estimate of drug-likeness (QED) is 0.658. The molecule has 2 aromatic carbocycles. The van der Waals surface area contributed by atoms with E-state index in [1.165, 1.54) is 24.8 Å². The fourth-order valence-electron chi connectivity index (χ4n) is 2.89. The Morgan fingerprint density at radius 1 is 1.29 bits per heavy atom. The number of anilines is 2. The van der Waals surface area contributed by atoms with Gasteiger partial charge in [-0.3, -0.25) is 9.59 Å². The normalized spacial score (nSPS) is 12.1. The molecule has 2 aromatic rings. The zero-order chi connectivity index (χ0) is 19.4. The summed E-state index contributed by atoms with van der Waals surface area (Å²) < 4.78 is 10.5. The highest BCUT2D eigenvalue weighted by molar-refractivity contribution is 6.32. The van der Waals surface area contributed by atoms with Gasteiger partial charge in [-0.25, -0.2) is 0 Å². The summed E-state index contributed by atoms with van der Waals surface area (Å²) in [6.07, 6.45) is 2.03. The number of amides is 2. The van der Waals surface area contributed by atoms with E-state index in [0.717, 1.165) is 25.1 Å². The highest BCUT2D eigenvalue weighted by Gasteiger charge is 2.17. The average Bonchev–Trinajstić information content (AvgIpc) is 2.66. The van der Waals surface area contributed by atoms with Gasteiger partial charge < -0.3 is 25.8 Å². The third kappa shape index (κ3) is 4.99. The molecule has 4 N–H and O–H groups in total. The molecule has 0 aliphatic carbocycles. The van der Waals surface area contributed by atoms with Gasteiger partial charge in [-0.05, 0) is 48.7 Å². The Morgan fingerprint density at radius 2 is 2.07 bits per heavy atom. The molecule has 1 aliphatic heterocycles. The lowest BCUT2D eigenvalue weighted by molar-refractivity contribution is -0.119. The molecule has 3 rings (SSSR count). The van der Waals surface area contributed by atoms with Crippen LogP contribution in [0.1, 0.15) is 22.3 Å². The molecule has 7 nitrogen and oxygen atoms in total. The van der Waals surface area contributed by atoms with Gasteiger partial charge >= 0.3 is 0 Å². The predicted octanol–water partition coefficient (Wildman–Crippen LogP) is 3.24. The third-order valence-corrected chi connectivity index (χ3v) is 4.43. The van der Waals surface area contributed by atoms with Crippen LogP contribution in [0.2, 0.25) is 5.02 Å². The molecule has 0 atom stereocenters. The van der Waals surface area contributed by atoms with E-state index < -0.39 is 5.91 Å². The summed E-state index contributed by atoms with van der Waals surface area (Å²) in [6.45, 7) is 0.617. The largest absolute Gasteiger partial charge is 0.493 e. The zero-order valence-electron chi connectivity index (χ0n) is 15.2. The molecule has 1 aliphatic rings. The van der Waals surface area contributed by atoms with Crippen molar-refractivity contribution in [1.82, 2.24) is 0 Å². The van der Waals surface area contributed by atoms with Gasteiger partial charge in [0.1, 0.15) is 0 Å². The van der Waals surface area contributed by atoms with Gasteiger partial charge in [-0.15, -0.1) is 12.4 Å². The summed E-state index contributed by atoms with van der Waals surface area (Å²) in [6, 6.07) is 8.71. The number of nitrogens with one attached hydrogen (secondary N) is 2. The van der Waals surface area contributed by atoms with Crippen LogP contribution in [0.25, 0.3) is 0 Å². The standard InChI is InChI=1S/C19H20ClN3O4.ClH/c1-26-16-9-12(8-14(20)18(16)27-10-17(21)24)19(25)23-13-4-5-15-11(7-13)3-2-6-22-15;/h4-5,7-9,22H,2-3,6,10H2,1H3,(H2,21,24)(H,23,25);1H. The molecule has 2 amide bonds. The molecule has 1 heterocycles. The Labute approximate surface area is 173 Å². The fourth-order valence-corrected chi connectivity index (χ4v) is 3.16. The Bertz CT molecular complexity index is 890. The van der Waals surface area contributed by atoms with Crippen LogP contribution in [0.4, 0.5) is 11.4 Å². The number of aryl methyl sites for hydroxylation is 1. The number of nitrogens with two attached hydrogens (primary N) is 1. The van der Waals surface area contributed by atoms with E-state index in [1.54, 1.807) is 0 Å². The summed E-state index contributed by atoms with van der Waals surface area (Å²) in [5.74, 6) is -0.574. The molecular formula is C19H21Cl2N3O4. The SMILES string of the molecule is COc1cc(C(=O)Nc2ccc3c(c2)CCCN3)cc(Cl)c1OCC(N)=O.Cl. The van der Waals surface area contributed by atoms with Crippen LogP contribution in [-0.2, 0) is 11.2 Å². The van der Waals surface area contributed by atoms with Crippen molar-refractivity contribution in [1.29, 1.82) is 0 Å². The number of hydrogen-bond acceptors (Lipinski definition) is 5. The first-order chi connectivity index (χ1) is 13.0. The highest BCUT2D eigenvalue weighted by Crippen LogP contribution is 2.36. The number of benzene rings is 2. The van der Waals surface area contributed by atoms with E-state index >= 15 is 0 Å². The minimum atomic E-state index is -0.642. The number of methoxy groups -OCH3 is 1. The second-order valence-electron chi connectivity index (χ2n) is 6.10. The maximum absolute atomic E-state index is 12.6. The lowest BCUT2D eigenvalue weighted by Gasteiger charge is -2.19. The molecule has 0 saturated heterocycles. The van der Waals surface area contributed by atoms with Crippen molar-refractivity contribution in [2.45, 2.75) is 12.8 Å². The van der Waals surface area contributed by atoms with Gasteiger partial charge in [0.25, 0.3) is 11.8 Å². The topological polar surface area (TPSA) is 103 Å². The molecule has 0 fully saturated rings. The summed E-state index contributed by atoms with van der Waals surface area (Å²) in [7, 11) is 1.42. The van der Waals surface area contributed by atoms with Gasteiger partial charge in [0.05, 0.1) is 12.1 Å². The number of fused-ring (bicyclic) bond motifs is 1. The zero-order valence-corrected chi connectivity index (χ0v) is 16.8. The summed E-state index contributed by atoms with van der Waals surface area (Å²) >= 11 is 6.19. The van der Waals surface area contributed by atoms with E-state index in [-0.39, 0.29) is 41.4 Å². The van der Waals surface area contributed by atoms with Gasteiger partial charge in [0.2, 0.25) is 0 Å². The van der Waals surface area contributed by atoms with Crippen molar-refractivity contribution in [3.63, 3.8) is 0 Å². The minimum absolute atomic E-state index is 0. The highest BCUT2D eigenvalue weighted by atomic mass is 35.5. The summed E-state index contributed by atoms with van der Waals surface area (Å²) in [5, 5.41) is 6.34. The number of ether oxygens (including phenoxy) is 2. The molecule has 0 radical (unpaired) electrons. The van der Waals surface area contributed by atoms with Gasteiger partial charge in [0, 0.05) is 23.5 Å². The first-order valence-electron chi connectivity index (χ1n) is 8.44. The van der Waals surface area contributed by atoms with Gasteiger partial charge in [-0.1, -0.05) is 11.6 Å².